The number of aromatic nitrogens is 1. The molecule has 2 N–H and O–H groups in total. The zero-order valence-electron chi connectivity index (χ0n) is 10.4. The normalized spacial score (nSPS) is 12.0. The molecule has 0 radical (unpaired) electrons. The van der Waals surface area contributed by atoms with E-state index in [1.807, 2.05) is 0 Å². The number of fused-ring (bicyclic) bond motifs is 1. The summed E-state index contributed by atoms with van der Waals surface area (Å²) in [6.45, 7) is 0. The lowest BCUT2D eigenvalue weighted by atomic mass is 10.1. The van der Waals surface area contributed by atoms with Crippen LogP contribution in [0, 0.1) is 5.82 Å². The Morgan fingerprint density at radius 1 is 1.10 bits per heavy atom. The van der Waals surface area contributed by atoms with Crippen LogP contribution in [0.4, 0.5) is 23.2 Å². The number of halogens is 4. The molecule has 3 nitrogen and oxygen atoms in total. The number of nitrogens with two attached hydrogens (primary N) is 1. The van der Waals surface area contributed by atoms with Crippen LogP contribution >= 0.6 is 0 Å². The smallest absolute Gasteiger partial charge is 0.419 e. The first-order valence-electron chi connectivity index (χ1n) is 5.88. The van der Waals surface area contributed by atoms with Crippen LogP contribution in [0.3, 0.4) is 0 Å². The zero-order valence-corrected chi connectivity index (χ0v) is 10.4. The van der Waals surface area contributed by atoms with E-state index in [-0.39, 0.29) is 11.5 Å². The average molecular weight is 296 g/mol. The second-order valence-corrected chi connectivity index (χ2v) is 4.41. The van der Waals surface area contributed by atoms with Gasteiger partial charge >= 0.3 is 6.18 Å². The van der Waals surface area contributed by atoms with E-state index in [1.165, 1.54) is 18.2 Å². The van der Waals surface area contributed by atoms with Crippen molar-refractivity contribution in [2.24, 2.45) is 0 Å². The standard InChI is InChI=1S/C14H8F4N2O/c15-12-8(2-1-3-9(12)14(16,17)18)13-20-10-6-7(19)4-5-11(10)21-13/h1-6H,19H2. The fourth-order valence-corrected chi connectivity index (χ4v) is 1.98. The number of rotatable bonds is 1. The molecule has 0 fully saturated rings. The predicted octanol–water partition coefficient (Wildman–Crippen LogP) is 4.23. The van der Waals surface area contributed by atoms with Crippen LogP contribution in [0.15, 0.2) is 40.8 Å². The molecule has 0 spiro atoms. The topological polar surface area (TPSA) is 52.0 Å². The van der Waals surface area contributed by atoms with Crippen molar-refractivity contribution in [1.82, 2.24) is 4.98 Å². The van der Waals surface area contributed by atoms with Gasteiger partial charge in [-0.3, -0.25) is 0 Å². The molecule has 0 unspecified atom stereocenters. The number of anilines is 1. The number of oxazole rings is 1. The van der Waals surface area contributed by atoms with Crippen molar-refractivity contribution < 1.29 is 22.0 Å². The summed E-state index contributed by atoms with van der Waals surface area (Å²) in [6.07, 6.45) is -4.78. The number of nitrogens with zero attached hydrogens (tertiary/aromatic N) is 1. The van der Waals surface area contributed by atoms with Crippen molar-refractivity contribution >= 4 is 16.8 Å². The molecule has 3 rings (SSSR count). The monoisotopic (exact) mass is 296 g/mol. The minimum absolute atomic E-state index is 0.223. The van der Waals surface area contributed by atoms with Gasteiger partial charge in [-0.25, -0.2) is 9.37 Å². The van der Waals surface area contributed by atoms with E-state index in [9.17, 15) is 17.6 Å². The lowest BCUT2D eigenvalue weighted by Gasteiger charge is -2.09. The Balaban J connectivity index is 2.19. The van der Waals surface area contributed by atoms with E-state index in [4.69, 9.17) is 10.2 Å². The first-order chi connectivity index (χ1) is 9.86. The molecule has 0 amide bonds. The van der Waals surface area contributed by atoms with E-state index in [1.54, 1.807) is 6.07 Å². The Bertz CT molecular complexity index is 823. The van der Waals surface area contributed by atoms with Gasteiger partial charge in [0.1, 0.15) is 11.3 Å². The van der Waals surface area contributed by atoms with E-state index < -0.39 is 17.6 Å². The number of hydrogen-bond donors (Lipinski definition) is 1. The van der Waals surface area contributed by atoms with Gasteiger partial charge in [0.25, 0.3) is 0 Å². The molecule has 1 aromatic heterocycles. The van der Waals surface area contributed by atoms with E-state index in [2.05, 4.69) is 4.98 Å². The summed E-state index contributed by atoms with van der Waals surface area (Å²) in [5.74, 6) is -1.64. The van der Waals surface area contributed by atoms with Gasteiger partial charge in [-0.15, -0.1) is 0 Å². The molecule has 1 heterocycles. The van der Waals surface area contributed by atoms with Gasteiger partial charge in [0, 0.05) is 5.69 Å². The van der Waals surface area contributed by atoms with Crippen LogP contribution < -0.4 is 5.73 Å². The molecule has 2 aromatic carbocycles. The molecule has 0 atom stereocenters. The van der Waals surface area contributed by atoms with Crippen molar-refractivity contribution in [2.45, 2.75) is 6.18 Å². The van der Waals surface area contributed by atoms with Crippen molar-refractivity contribution in [3.63, 3.8) is 0 Å². The molecule has 0 aliphatic carbocycles. The van der Waals surface area contributed by atoms with Crippen molar-refractivity contribution in [2.75, 3.05) is 5.73 Å². The number of alkyl halides is 3. The molecule has 7 heteroatoms. The van der Waals surface area contributed by atoms with Crippen LogP contribution in [0.25, 0.3) is 22.6 Å². The molecule has 0 aliphatic rings. The number of hydrogen-bond acceptors (Lipinski definition) is 3. The number of nitrogen functional groups attached to an aromatic ring is 1. The largest absolute Gasteiger partial charge is 0.436 e. The summed E-state index contributed by atoms with van der Waals surface area (Å²) in [5.41, 5.74) is 4.96. The fourth-order valence-electron chi connectivity index (χ4n) is 1.98. The fraction of sp³-hybridized carbons (Fsp3) is 0.0714. The molecule has 108 valence electrons. The summed E-state index contributed by atoms with van der Waals surface area (Å²) in [4.78, 5) is 3.97. The molecule has 0 aliphatic heterocycles. The third-order valence-corrected chi connectivity index (χ3v) is 2.95. The van der Waals surface area contributed by atoms with Gasteiger partial charge in [-0.05, 0) is 30.3 Å². The Labute approximate surface area is 116 Å². The maximum Gasteiger partial charge on any atom is 0.419 e. The van der Waals surface area contributed by atoms with E-state index >= 15 is 0 Å². The Morgan fingerprint density at radius 2 is 1.86 bits per heavy atom. The van der Waals surface area contributed by atoms with Crippen molar-refractivity contribution in [1.29, 1.82) is 0 Å². The third kappa shape index (κ3) is 2.31. The van der Waals surface area contributed by atoms with E-state index in [0.717, 1.165) is 6.07 Å². The van der Waals surface area contributed by atoms with Crippen LogP contribution in [0.2, 0.25) is 0 Å². The quantitative estimate of drug-likeness (QED) is 0.540. The van der Waals surface area contributed by atoms with Gasteiger partial charge in [-0.2, -0.15) is 13.2 Å². The highest BCUT2D eigenvalue weighted by molar-refractivity contribution is 5.79. The molecule has 21 heavy (non-hydrogen) atoms. The van der Waals surface area contributed by atoms with Crippen molar-refractivity contribution in [3.05, 3.63) is 47.8 Å². The summed E-state index contributed by atoms with van der Waals surface area (Å²) in [6, 6.07) is 7.52. The Hall–Kier alpha value is -2.57. The second kappa shape index (κ2) is 4.47. The molecule has 3 aromatic rings. The molecular formula is C14H8F4N2O. The van der Waals surface area contributed by atoms with Crippen LogP contribution in [0.1, 0.15) is 5.56 Å². The maximum absolute atomic E-state index is 14.0. The maximum atomic E-state index is 14.0. The van der Waals surface area contributed by atoms with Gasteiger partial charge in [0.2, 0.25) is 5.89 Å². The second-order valence-electron chi connectivity index (χ2n) is 4.41. The third-order valence-electron chi connectivity index (χ3n) is 2.95. The zero-order chi connectivity index (χ0) is 15.2. The van der Waals surface area contributed by atoms with Crippen LogP contribution in [0.5, 0.6) is 0 Å². The lowest BCUT2D eigenvalue weighted by Crippen LogP contribution is -2.08. The van der Waals surface area contributed by atoms with Gasteiger partial charge < -0.3 is 10.2 Å². The molecule has 0 bridgehead atoms. The van der Waals surface area contributed by atoms with Gasteiger partial charge in [-0.1, -0.05) is 6.07 Å². The summed E-state index contributed by atoms with van der Waals surface area (Å²) < 4.78 is 57.4. The summed E-state index contributed by atoms with van der Waals surface area (Å²) >= 11 is 0. The highest BCUT2D eigenvalue weighted by atomic mass is 19.4. The highest BCUT2D eigenvalue weighted by Gasteiger charge is 2.35. The minimum atomic E-state index is -4.78. The van der Waals surface area contributed by atoms with E-state index in [0.29, 0.717) is 22.9 Å². The van der Waals surface area contributed by atoms with Crippen LogP contribution in [-0.2, 0) is 6.18 Å². The summed E-state index contributed by atoms with van der Waals surface area (Å²) in [7, 11) is 0. The molecular weight excluding hydrogens is 288 g/mol. The van der Waals surface area contributed by atoms with Crippen LogP contribution in [-0.4, -0.2) is 4.98 Å². The highest BCUT2D eigenvalue weighted by Crippen LogP contribution is 2.36. The molecule has 0 saturated carbocycles. The first kappa shape index (κ1) is 13.4. The molecule has 0 saturated heterocycles. The number of benzene rings is 2. The minimum Gasteiger partial charge on any atom is -0.436 e. The SMILES string of the molecule is Nc1ccc2oc(-c3cccc(C(F)(F)F)c3F)nc2c1. The van der Waals surface area contributed by atoms with Crippen molar-refractivity contribution in [3.8, 4) is 11.5 Å². The average Bonchev–Trinajstić information content (AvgIpc) is 2.80. The van der Waals surface area contributed by atoms with Gasteiger partial charge in [0.05, 0.1) is 11.1 Å². The lowest BCUT2D eigenvalue weighted by molar-refractivity contribution is -0.139. The Kier molecular flexibility index (Phi) is 2.86. The first-order valence-corrected chi connectivity index (χ1v) is 5.88. The predicted molar refractivity (Wildman–Crippen MR) is 68.8 cm³/mol. The summed E-state index contributed by atoms with van der Waals surface area (Å²) in [5, 5.41) is 0. The Morgan fingerprint density at radius 3 is 2.57 bits per heavy atom. The van der Waals surface area contributed by atoms with Gasteiger partial charge in [0.15, 0.2) is 5.58 Å².